The first-order valence-electron chi connectivity index (χ1n) is 26.7. The van der Waals surface area contributed by atoms with Crippen molar-refractivity contribution in [1.82, 2.24) is 0 Å². The Morgan fingerprint density at radius 2 is 0.947 bits per heavy atom. The molecule has 0 aromatic heterocycles. The Morgan fingerprint density at radius 3 is 1.55 bits per heavy atom. The molecular weight excluding hydrogens is 915 g/mol. The van der Waals surface area contributed by atoms with Crippen LogP contribution in [0.5, 0.6) is 0 Å². The van der Waals surface area contributed by atoms with Gasteiger partial charge in [-0.25, -0.2) is 0 Å². The minimum absolute atomic E-state index is 0.212. The van der Waals surface area contributed by atoms with E-state index in [-0.39, 0.29) is 5.41 Å². The summed E-state index contributed by atoms with van der Waals surface area (Å²) in [7, 11) is 0. The molecule has 1 spiro atoms. The highest BCUT2D eigenvalue weighted by molar-refractivity contribution is 5.99. The number of rotatable bonds is 9. The van der Waals surface area contributed by atoms with Gasteiger partial charge in [-0.15, -0.1) is 0 Å². The van der Waals surface area contributed by atoms with Crippen LogP contribution < -0.4 is 5.32 Å². The Balaban J connectivity index is 0.000000178. The van der Waals surface area contributed by atoms with Crippen molar-refractivity contribution >= 4 is 22.5 Å². The fourth-order valence-electron chi connectivity index (χ4n) is 13.2. The molecule has 1 unspecified atom stereocenters. The van der Waals surface area contributed by atoms with Crippen LogP contribution in [0.1, 0.15) is 64.3 Å². The summed E-state index contributed by atoms with van der Waals surface area (Å²) in [6, 6.07) is 92.6. The van der Waals surface area contributed by atoms with Crippen molar-refractivity contribution in [3.8, 4) is 44.5 Å². The molecule has 0 fully saturated rings. The topological polar surface area (TPSA) is 12.0 Å². The van der Waals surface area contributed by atoms with Gasteiger partial charge < -0.3 is 5.32 Å². The molecule has 0 saturated heterocycles. The van der Waals surface area contributed by atoms with E-state index in [4.69, 9.17) is 0 Å². The van der Waals surface area contributed by atoms with E-state index in [1.165, 1.54) is 111 Å². The third-order valence-electron chi connectivity index (χ3n) is 16.2. The SMILES string of the molecule is C=CC1=C(/C=C\C)c2ccccc2C12C1=C(CCC=C1)c1ccccc12.c1ccc(-c2cc(Nc3ccc4c(c3)C(c3ccccc3)(c3ccccc3)c3cccc(-c5ccccc5)c3-4)cc(-c3ccccc3)c2)cc1. The minimum Gasteiger partial charge on any atom is -0.355 e. The van der Waals surface area contributed by atoms with Gasteiger partial charge in [-0.3, -0.25) is 0 Å². The third-order valence-corrected chi connectivity index (χ3v) is 16.2. The highest BCUT2D eigenvalue weighted by atomic mass is 14.9. The second-order valence-electron chi connectivity index (χ2n) is 20.2. The summed E-state index contributed by atoms with van der Waals surface area (Å²) in [4.78, 5) is 0. The van der Waals surface area contributed by atoms with E-state index < -0.39 is 5.41 Å². The first kappa shape index (κ1) is 46.5. The van der Waals surface area contributed by atoms with E-state index in [0.29, 0.717) is 0 Å². The number of benzene rings is 10. The average Bonchev–Trinajstić information content (AvgIpc) is 4.18. The summed E-state index contributed by atoms with van der Waals surface area (Å²) in [6.45, 7) is 6.34. The second-order valence-corrected chi connectivity index (χ2v) is 20.2. The van der Waals surface area contributed by atoms with Crippen molar-refractivity contribution in [2.45, 2.75) is 30.6 Å². The van der Waals surface area contributed by atoms with Crippen LogP contribution >= 0.6 is 0 Å². The first-order chi connectivity index (χ1) is 37.6. The van der Waals surface area contributed by atoms with E-state index in [1.807, 2.05) is 0 Å². The maximum absolute atomic E-state index is 4.25. The summed E-state index contributed by atoms with van der Waals surface area (Å²) in [6.07, 6.45) is 13.4. The normalized spacial score (nSPS) is 16.1. The summed E-state index contributed by atoms with van der Waals surface area (Å²) in [5.74, 6) is 0. The lowest BCUT2D eigenvalue weighted by Crippen LogP contribution is -2.28. The number of fused-ring (bicyclic) bond motifs is 9. The van der Waals surface area contributed by atoms with Crippen LogP contribution in [0, 0.1) is 0 Å². The van der Waals surface area contributed by atoms with Crippen LogP contribution in [-0.4, -0.2) is 0 Å². The van der Waals surface area contributed by atoms with Gasteiger partial charge in [0.25, 0.3) is 0 Å². The maximum atomic E-state index is 4.25. The lowest BCUT2D eigenvalue weighted by atomic mass is 9.67. The van der Waals surface area contributed by atoms with E-state index in [2.05, 4.69) is 304 Å². The summed E-state index contributed by atoms with van der Waals surface area (Å²) in [5.41, 5.74) is 27.4. The molecule has 1 heteroatoms. The fourth-order valence-corrected chi connectivity index (χ4v) is 13.2. The van der Waals surface area contributed by atoms with Crippen LogP contribution in [0.15, 0.2) is 303 Å². The Morgan fingerprint density at radius 1 is 0.421 bits per heavy atom. The number of hydrogen-bond acceptors (Lipinski definition) is 1. The molecule has 76 heavy (non-hydrogen) atoms. The van der Waals surface area contributed by atoms with Gasteiger partial charge in [0.1, 0.15) is 0 Å². The smallest absolute Gasteiger partial charge is 0.0721 e. The molecule has 14 rings (SSSR count). The lowest BCUT2D eigenvalue weighted by molar-refractivity contribution is 0.769. The molecule has 0 aliphatic heterocycles. The van der Waals surface area contributed by atoms with Crippen LogP contribution in [0.3, 0.4) is 0 Å². The third kappa shape index (κ3) is 7.45. The molecule has 1 nitrogen and oxygen atoms in total. The van der Waals surface area contributed by atoms with Crippen molar-refractivity contribution in [2.24, 2.45) is 0 Å². The van der Waals surface area contributed by atoms with Gasteiger partial charge in [-0.05, 0) is 161 Å². The minimum atomic E-state index is -0.503. The molecule has 0 bridgehead atoms. The number of nitrogens with one attached hydrogen (secondary N) is 1. The van der Waals surface area contributed by atoms with Crippen molar-refractivity contribution in [2.75, 3.05) is 5.32 Å². The summed E-state index contributed by atoms with van der Waals surface area (Å²) < 4.78 is 0. The summed E-state index contributed by atoms with van der Waals surface area (Å²) in [5, 5.41) is 3.87. The molecular formula is C75H57N. The van der Waals surface area contributed by atoms with Gasteiger partial charge >= 0.3 is 0 Å². The molecule has 1 N–H and O–H groups in total. The van der Waals surface area contributed by atoms with E-state index in [1.54, 1.807) is 0 Å². The molecule has 0 saturated carbocycles. The molecule has 362 valence electrons. The number of hydrogen-bond donors (Lipinski definition) is 1. The Hall–Kier alpha value is -9.30. The van der Waals surface area contributed by atoms with Crippen LogP contribution in [-0.2, 0) is 10.8 Å². The van der Waals surface area contributed by atoms with Crippen molar-refractivity contribution in [3.05, 3.63) is 347 Å². The lowest BCUT2D eigenvalue weighted by Gasteiger charge is -2.34. The predicted octanol–water partition coefficient (Wildman–Crippen LogP) is 19.4. The van der Waals surface area contributed by atoms with Gasteiger partial charge in [0.05, 0.1) is 10.8 Å². The quantitative estimate of drug-likeness (QED) is 0.152. The first-order valence-corrected chi connectivity index (χ1v) is 26.7. The molecule has 1 atom stereocenters. The molecule has 0 heterocycles. The van der Waals surface area contributed by atoms with Crippen LogP contribution in [0.25, 0.3) is 55.7 Å². The highest BCUT2D eigenvalue weighted by Crippen LogP contribution is 2.63. The largest absolute Gasteiger partial charge is 0.355 e. The standard InChI is InChI=1S/C49H35N.C26H22/c1-6-17-35(18-7-1)38-31-39(36-19-8-2-9-20-36)33-43(32-38)50-42-29-30-45-47(34-42)49(40-23-12-4-13-24-40,41-25-14-5-15-26-41)46-28-16-27-44(48(45)46)37-21-10-3-11-22-37;1-3-11-18-19-12-5-8-15-23(19)26(22(18)4-2)24-16-9-6-13-20(24)21-14-7-10-17-25(21)26/h1-34,50H;3-6,8-13,15-17H,2,7,14H2,1H3/b;11-3-. The van der Waals surface area contributed by atoms with Crippen molar-refractivity contribution < 1.29 is 0 Å². The monoisotopic (exact) mass is 971 g/mol. The molecule has 0 amide bonds. The van der Waals surface area contributed by atoms with E-state index in [9.17, 15) is 0 Å². The van der Waals surface area contributed by atoms with Gasteiger partial charge in [0, 0.05) is 11.4 Å². The van der Waals surface area contributed by atoms with Crippen LogP contribution in [0.2, 0.25) is 0 Å². The van der Waals surface area contributed by atoms with Crippen molar-refractivity contribution in [3.63, 3.8) is 0 Å². The number of anilines is 2. The zero-order chi connectivity index (χ0) is 51.1. The zero-order valence-electron chi connectivity index (χ0n) is 42.8. The summed E-state index contributed by atoms with van der Waals surface area (Å²) >= 11 is 0. The van der Waals surface area contributed by atoms with Gasteiger partial charge in [0.15, 0.2) is 0 Å². The Bertz CT molecular complexity index is 3850. The molecule has 0 radical (unpaired) electrons. The second kappa shape index (κ2) is 19.5. The van der Waals surface area contributed by atoms with Gasteiger partial charge in [0.2, 0.25) is 0 Å². The predicted molar refractivity (Wildman–Crippen MR) is 321 cm³/mol. The Kier molecular flexibility index (Phi) is 11.9. The molecule has 10 aromatic carbocycles. The Labute approximate surface area is 448 Å². The van der Waals surface area contributed by atoms with Gasteiger partial charge in [-0.2, -0.15) is 0 Å². The number of allylic oxidation sites excluding steroid dienone is 9. The molecule has 4 aliphatic rings. The fraction of sp³-hybridized carbons (Fsp3) is 0.0667. The zero-order valence-corrected chi connectivity index (χ0v) is 42.8. The average molecular weight is 972 g/mol. The van der Waals surface area contributed by atoms with Crippen LogP contribution in [0.4, 0.5) is 11.4 Å². The molecule has 4 aliphatic carbocycles. The van der Waals surface area contributed by atoms with Crippen molar-refractivity contribution in [1.29, 1.82) is 0 Å². The van der Waals surface area contributed by atoms with Gasteiger partial charge in [-0.1, -0.05) is 261 Å². The molecule has 10 aromatic rings. The highest BCUT2D eigenvalue weighted by Gasteiger charge is 2.52. The van der Waals surface area contributed by atoms with E-state index in [0.717, 1.165) is 24.2 Å². The van der Waals surface area contributed by atoms with E-state index >= 15 is 0 Å². The maximum Gasteiger partial charge on any atom is 0.0721 e.